The highest BCUT2D eigenvalue weighted by molar-refractivity contribution is 7.98. The topological polar surface area (TPSA) is 24.1 Å². The van der Waals surface area contributed by atoms with E-state index in [2.05, 4.69) is 41.4 Å². The quantitative estimate of drug-likeness (QED) is 0.621. The van der Waals surface area contributed by atoms with Crippen molar-refractivity contribution < 1.29 is 0 Å². The van der Waals surface area contributed by atoms with Gasteiger partial charge in [-0.15, -0.1) is 11.8 Å². The molecule has 0 aliphatic rings. The summed E-state index contributed by atoms with van der Waals surface area (Å²) in [6.07, 6.45) is 2.09. The first kappa shape index (κ1) is 12.0. The zero-order valence-corrected chi connectivity index (χ0v) is 10.6. The Labute approximate surface area is 106 Å². The van der Waals surface area contributed by atoms with Crippen LogP contribution in [0.2, 0.25) is 0 Å². The zero-order valence-electron chi connectivity index (χ0n) is 9.81. The molecule has 0 radical (unpaired) electrons. The fraction of sp³-hybridized carbons (Fsp3) is 0.143. The Hall–Kier alpha value is -1.45. The van der Waals surface area contributed by atoms with Crippen molar-refractivity contribution >= 4 is 17.4 Å². The molecule has 0 amide bonds. The molecule has 88 valence electrons. The van der Waals surface area contributed by atoms with Crippen molar-refractivity contribution in [2.75, 3.05) is 11.7 Å². The van der Waals surface area contributed by atoms with E-state index in [-0.39, 0.29) is 0 Å². The standard InChI is InChI=1S/C14H16N2S/c1-17-14-9-7-12(8-10-14)11-15-16-13-5-3-2-4-6-13/h2-10,15-16H,11H2,1H3. The highest BCUT2D eigenvalue weighted by atomic mass is 32.2. The maximum absolute atomic E-state index is 3.20. The number of rotatable bonds is 5. The van der Waals surface area contributed by atoms with Crippen LogP contribution in [0.3, 0.4) is 0 Å². The van der Waals surface area contributed by atoms with Crippen LogP contribution in [0.1, 0.15) is 5.56 Å². The van der Waals surface area contributed by atoms with Crippen molar-refractivity contribution in [1.29, 1.82) is 0 Å². The highest BCUT2D eigenvalue weighted by Crippen LogP contribution is 2.14. The van der Waals surface area contributed by atoms with Crippen LogP contribution in [0.25, 0.3) is 0 Å². The second-order valence-electron chi connectivity index (χ2n) is 3.69. The lowest BCUT2D eigenvalue weighted by Crippen LogP contribution is -2.20. The van der Waals surface area contributed by atoms with E-state index in [1.807, 2.05) is 30.3 Å². The van der Waals surface area contributed by atoms with Gasteiger partial charge in [0.05, 0.1) is 0 Å². The Bertz CT molecular complexity index is 440. The third kappa shape index (κ3) is 3.80. The minimum Gasteiger partial charge on any atom is -0.321 e. The minimum absolute atomic E-state index is 0.809. The first-order chi connectivity index (χ1) is 8.38. The summed E-state index contributed by atoms with van der Waals surface area (Å²) in [5, 5.41) is 0. The molecule has 2 nitrogen and oxygen atoms in total. The number of anilines is 1. The van der Waals surface area contributed by atoms with Crippen molar-refractivity contribution in [3.05, 3.63) is 60.2 Å². The Morgan fingerprint density at radius 3 is 2.29 bits per heavy atom. The Morgan fingerprint density at radius 1 is 0.941 bits per heavy atom. The van der Waals surface area contributed by atoms with Crippen molar-refractivity contribution in [3.63, 3.8) is 0 Å². The lowest BCUT2D eigenvalue weighted by molar-refractivity contribution is 0.800. The molecule has 0 saturated carbocycles. The SMILES string of the molecule is CSc1ccc(CNNc2ccccc2)cc1. The van der Waals surface area contributed by atoms with Gasteiger partial charge in [-0.1, -0.05) is 30.3 Å². The molecule has 0 aromatic heterocycles. The van der Waals surface area contributed by atoms with Gasteiger partial charge in [0.1, 0.15) is 0 Å². The summed E-state index contributed by atoms with van der Waals surface area (Å²) in [5.74, 6) is 0. The maximum atomic E-state index is 3.20. The van der Waals surface area contributed by atoms with Gasteiger partial charge in [-0.3, -0.25) is 0 Å². The van der Waals surface area contributed by atoms with E-state index in [0.717, 1.165) is 12.2 Å². The molecule has 0 unspecified atom stereocenters. The van der Waals surface area contributed by atoms with E-state index >= 15 is 0 Å². The van der Waals surface area contributed by atoms with Gasteiger partial charge in [0.2, 0.25) is 0 Å². The second-order valence-corrected chi connectivity index (χ2v) is 4.57. The summed E-state index contributed by atoms with van der Waals surface area (Å²) >= 11 is 1.76. The fourth-order valence-electron chi connectivity index (χ4n) is 1.51. The van der Waals surface area contributed by atoms with Crippen molar-refractivity contribution in [2.24, 2.45) is 0 Å². The molecule has 2 aromatic carbocycles. The normalized spacial score (nSPS) is 10.2. The monoisotopic (exact) mass is 244 g/mol. The Morgan fingerprint density at radius 2 is 1.65 bits per heavy atom. The van der Waals surface area contributed by atoms with Crippen molar-refractivity contribution in [3.8, 4) is 0 Å². The molecule has 2 rings (SSSR count). The van der Waals surface area contributed by atoms with E-state index in [9.17, 15) is 0 Å². The zero-order chi connectivity index (χ0) is 11.9. The van der Waals surface area contributed by atoms with E-state index in [4.69, 9.17) is 0 Å². The molecule has 0 aliphatic carbocycles. The molecule has 0 bridgehead atoms. The second kappa shape index (κ2) is 6.33. The van der Waals surface area contributed by atoms with Gasteiger partial charge in [0.15, 0.2) is 0 Å². The smallest absolute Gasteiger partial charge is 0.0487 e. The third-order valence-electron chi connectivity index (χ3n) is 2.46. The lowest BCUT2D eigenvalue weighted by atomic mass is 10.2. The molecule has 17 heavy (non-hydrogen) atoms. The molecule has 2 aromatic rings. The predicted octanol–water partition coefficient (Wildman–Crippen LogP) is 3.53. The molecule has 2 N–H and O–H groups in total. The van der Waals surface area contributed by atoms with Crippen LogP contribution in [-0.2, 0) is 6.54 Å². The number of hydrogen-bond donors (Lipinski definition) is 2. The average Bonchev–Trinajstić information content (AvgIpc) is 2.41. The number of hydrogen-bond acceptors (Lipinski definition) is 3. The lowest BCUT2D eigenvalue weighted by Gasteiger charge is -2.08. The highest BCUT2D eigenvalue weighted by Gasteiger charge is 1.93. The largest absolute Gasteiger partial charge is 0.321 e. The summed E-state index contributed by atoms with van der Waals surface area (Å²) in [6.45, 7) is 0.809. The van der Waals surface area contributed by atoms with Crippen LogP contribution in [0.5, 0.6) is 0 Å². The molecule has 3 heteroatoms. The van der Waals surface area contributed by atoms with Crippen molar-refractivity contribution in [1.82, 2.24) is 5.43 Å². The molecule has 0 atom stereocenters. The molecule has 0 spiro atoms. The van der Waals surface area contributed by atoms with E-state index in [1.165, 1.54) is 10.5 Å². The summed E-state index contributed by atoms with van der Waals surface area (Å²) in [5.41, 5.74) is 8.71. The first-order valence-electron chi connectivity index (χ1n) is 5.55. The molecular formula is C14H16N2S. The molecule has 0 saturated heterocycles. The van der Waals surface area contributed by atoms with E-state index in [1.54, 1.807) is 11.8 Å². The molecule has 0 aliphatic heterocycles. The molecular weight excluding hydrogens is 228 g/mol. The van der Waals surface area contributed by atoms with Gasteiger partial charge >= 0.3 is 0 Å². The average molecular weight is 244 g/mol. The molecule has 0 heterocycles. The van der Waals surface area contributed by atoms with Crippen LogP contribution in [-0.4, -0.2) is 6.26 Å². The van der Waals surface area contributed by atoms with Crippen LogP contribution in [0, 0.1) is 0 Å². The predicted molar refractivity (Wildman–Crippen MR) is 75.1 cm³/mol. The van der Waals surface area contributed by atoms with Gasteiger partial charge in [-0.05, 0) is 36.1 Å². The number of thioether (sulfide) groups is 1. The van der Waals surface area contributed by atoms with Crippen LogP contribution in [0.15, 0.2) is 59.5 Å². The Balaban J connectivity index is 1.82. The Kier molecular flexibility index (Phi) is 4.47. The number of nitrogens with one attached hydrogen (secondary N) is 2. The van der Waals surface area contributed by atoms with Crippen molar-refractivity contribution in [2.45, 2.75) is 11.4 Å². The third-order valence-corrected chi connectivity index (χ3v) is 3.20. The number of para-hydroxylation sites is 1. The van der Waals surface area contributed by atoms with Gasteiger partial charge in [-0.2, -0.15) is 0 Å². The van der Waals surface area contributed by atoms with Crippen LogP contribution in [0.4, 0.5) is 5.69 Å². The summed E-state index contributed by atoms with van der Waals surface area (Å²) in [6, 6.07) is 18.7. The fourth-order valence-corrected chi connectivity index (χ4v) is 1.92. The summed E-state index contributed by atoms with van der Waals surface area (Å²) in [7, 11) is 0. The summed E-state index contributed by atoms with van der Waals surface area (Å²) in [4.78, 5) is 1.30. The molecule has 0 fully saturated rings. The van der Waals surface area contributed by atoms with Gasteiger partial charge in [0, 0.05) is 17.1 Å². The first-order valence-corrected chi connectivity index (χ1v) is 6.78. The maximum Gasteiger partial charge on any atom is 0.0487 e. The summed E-state index contributed by atoms with van der Waals surface area (Å²) < 4.78 is 0. The van der Waals surface area contributed by atoms with E-state index in [0.29, 0.717) is 0 Å². The number of hydrazine groups is 1. The minimum atomic E-state index is 0.809. The van der Waals surface area contributed by atoms with Gasteiger partial charge in [0.25, 0.3) is 0 Å². The van der Waals surface area contributed by atoms with E-state index < -0.39 is 0 Å². The van der Waals surface area contributed by atoms with Gasteiger partial charge in [-0.25, -0.2) is 5.43 Å². The van der Waals surface area contributed by atoms with Crippen LogP contribution < -0.4 is 10.9 Å². The van der Waals surface area contributed by atoms with Crippen LogP contribution >= 0.6 is 11.8 Å². The number of benzene rings is 2. The van der Waals surface area contributed by atoms with Gasteiger partial charge < -0.3 is 5.43 Å².